The second-order valence-electron chi connectivity index (χ2n) is 5.59. The summed E-state index contributed by atoms with van der Waals surface area (Å²) in [7, 11) is 2.15. The smallest absolute Gasteiger partial charge is 0.185 e. The average molecular weight is 283 g/mol. The predicted molar refractivity (Wildman–Crippen MR) is 80.9 cm³/mol. The zero-order chi connectivity index (χ0) is 13.7. The summed E-state index contributed by atoms with van der Waals surface area (Å²) in [5, 5.41) is 4.60. The van der Waals surface area contributed by atoms with Gasteiger partial charge >= 0.3 is 0 Å². The molecule has 0 aromatic carbocycles. The topological polar surface area (TPSA) is 37.4 Å². The molecule has 0 aliphatic carbocycles. The molecule has 0 bridgehead atoms. The van der Waals surface area contributed by atoms with Crippen molar-refractivity contribution in [3.05, 3.63) is 11.1 Å². The van der Waals surface area contributed by atoms with Crippen LogP contribution in [-0.4, -0.2) is 37.8 Å². The second-order valence-corrected chi connectivity index (χ2v) is 6.68. The van der Waals surface area contributed by atoms with Crippen LogP contribution in [0.25, 0.3) is 0 Å². The van der Waals surface area contributed by atoms with Gasteiger partial charge in [0.25, 0.3) is 0 Å². The lowest BCUT2D eigenvalue weighted by molar-refractivity contribution is 0.0855. The normalized spacial score (nSPS) is 17.1. The third kappa shape index (κ3) is 4.44. The molecule has 0 saturated carbocycles. The summed E-state index contributed by atoms with van der Waals surface area (Å²) < 4.78 is 5.41. The first-order valence-electron chi connectivity index (χ1n) is 7.13. The fourth-order valence-corrected chi connectivity index (χ4v) is 3.17. The van der Waals surface area contributed by atoms with E-state index >= 15 is 0 Å². The van der Waals surface area contributed by atoms with Gasteiger partial charge in [0, 0.05) is 43.9 Å². The van der Waals surface area contributed by atoms with Crippen LogP contribution in [0.4, 0.5) is 5.13 Å². The van der Waals surface area contributed by atoms with E-state index in [2.05, 4.69) is 36.1 Å². The van der Waals surface area contributed by atoms with E-state index in [1.807, 2.05) is 6.20 Å². The number of rotatable bonds is 6. The number of anilines is 1. The molecule has 0 unspecified atom stereocenters. The third-order valence-electron chi connectivity index (χ3n) is 3.43. The molecular formula is C14H25N3OS. The molecule has 2 rings (SSSR count). The summed E-state index contributed by atoms with van der Waals surface area (Å²) in [6.45, 7) is 8.20. The van der Waals surface area contributed by atoms with Gasteiger partial charge in [0.2, 0.25) is 0 Å². The van der Waals surface area contributed by atoms with Crippen LogP contribution in [0.5, 0.6) is 0 Å². The lowest BCUT2D eigenvalue weighted by atomic mass is 10.1. The zero-order valence-electron chi connectivity index (χ0n) is 12.2. The van der Waals surface area contributed by atoms with Gasteiger partial charge in [-0.25, -0.2) is 4.98 Å². The van der Waals surface area contributed by atoms with Crippen LogP contribution in [0.1, 0.15) is 31.6 Å². The highest BCUT2D eigenvalue weighted by Crippen LogP contribution is 2.26. The first-order chi connectivity index (χ1) is 9.16. The van der Waals surface area contributed by atoms with Gasteiger partial charge in [0.15, 0.2) is 5.13 Å². The third-order valence-corrected chi connectivity index (χ3v) is 4.52. The Labute approximate surface area is 120 Å². The highest BCUT2D eigenvalue weighted by atomic mass is 32.1. The Morgan fingerprint density at radius 3 is 2.89 bits per heavy atom. The Kier molecular flexibility index (Phi) is 5.60. The monoisotopic (exact) mass is 283 g/mol. The summed E-state index contributed by atoms with van der Waals surface area (Å²) in [6.07, 6.45) is 4.22. The fourth-order valence-electron chi connectivity index (χ4n) is 2.25. The molecule has 2 heterocycles. The minimum absolute atomic E-state index is 0.580. The summed E-state index contributed by atoms with van der Waals surface area (Å²) in [5.74, 6) is 0.692. The molecule has 1 aliphatic heterocycles. The molecular weight excluding hydrogens is 258 g/mol. The molecule has 19 heavy (non-hydrogen) atoms. The van der Waals surface area contributed by atoms with E-state index in [4.69, 9.17) is 4.74 Å². The lowest BCUT2D eigenvalue weighted by Gasteiger charge is -2.30. The van der Waals surface area contributed by atoms with Gasteiger partial charge in [0.1, 0.15) is 0 Å². The van der Waals surface area contributed by atoms with E-state index in [-0.39, 0.29) is 0 Å². The molecule has 5 heteroatoms. The van der Waals surface area contributed by atoms with Gasteiger partial charge in [-0.2, -0.15) is 0 Å². The van der Waals surface area contributed by atoms with Crippen molar-refractivity contribution in [2.45, 2.75) is 39.3 Å². The largest absolute Gasteiger partial charge is 0.381 e. The van der Waals surface area contributed by atoms with Gasteiger partial charge in [-0.1, -0.05) is 13.8 Å². The van der Waals surface area contributed by atoms with Crippen molar-refractivity contribution in [2.75, 3.05) is 31.7 Å². The first kappa shape index (κ1) is 14.8. The molecule has 1 aliphatic rings. The van der Waals surface area contributed by atoms with E-state index in [0.29, 0.717) is 12.0 Å². The molecule has 0 spiro atoms. The maximum Gasteiger partial charge on any atom is 0.185 e. The van der Waals surface area contributed by atoms with Crippen molar-refractivity contribution in [3.8, 4) is 0 Å². The number of nitrogens with one attached hydrogen (secondary N) is 1. The molecule has 1 aromatic heterocycles. The Balaban J connectivity index is 1.85. The second kappa shape index (κ2) is 7.22. The Morgan fingerprint density at radius 2 is 2.21 bits per heavy atom. The standard InChI is InChI=1S/C14H25N3OS/c1-11(2)8-15-9-13-10-16-14(19-13)17(3)12-4-6-18-7-5-12/h10-12,15H,4-9H2,1-3H3. The maximum absolute atomic E-state index is 5.41. The van der Waals surface area contributed by atoms with Crippen molar-refractivity contribution >= 4 is 16.5 Å². The average Bonchev–Trinajstić information content (AvgIpc) is 2.87. The van der Waals surface area contributed by atoms with E-state index in [0.717, 1.165) is 44.3 Å². The van der Waals surface area contributed by atoms with Gasteiger partial charge < -0.3 is 15.0 Å². The fraction of sp³-hybridized carbons (Fsp3) is 0.786. The van der Waals surface area contributed by atoms with Gasteiger partial charge in [-0.05, 0) is 25.3 Å². The Morgan fingerprint density at radius 1 is 1.47 bits per heavy atom. The first-order valence-corrected chi connectivity index (χ1v) is 7.94. The maximum atomic E-state index is 5.41. The van der Waals surface area contributed by atoms with Crippen LogP contribution < -0.4 is 10.2 Å². The molecule has 1 fully saturated rings. The van der Waals surface area contributed by atoms with E-state index in [1.165, 1.54) is 4.88 Å². The van der Waals surface area contributed by atoms with Crippen molar-refractivity contribution in [2.24, 2.45) is 5.92 Å². The molecule has 1 N–H and O–H groups in total. The molecule has 1 saturated heterocycles. The van der Waals surface area contributed by atoms with Crippen molar-refractivity contribution in [1.82, 2.24) is 10.3 Å². The number of thiazole rings is 1. The molecule has 108 valence electrons. The summed E-state index contributed by atoms with van der Waals surface area (Å²) in [4.78, 5) is 8.19. The number of aromatic nitrogens is 1. The Bertz CT molecular complexity index is 375. The summed E-state index contributed by atoms with van der Waals surface area (Å²) in [5.41, 5.74) is 0. The molecule has 0 amide bonds. The van der Waals surface area contributed by atoms with E-state index < -0.39 is 0 Å². The number of ether oxygens (including phenoxy) is 1. The van der Waals surface area contributed by atoms with Crippen LogP contribution in [0.15, 0.2) is 6.20 Å². The summed E-state index contributed by atoms with van der Waals surface area (Å²) in [6, 6.07) is 0.580. The SMILES string of the molecule is CC(C)CNCc1cnc(N(C)C2CCOCC2)s1. The van der Waals surface area contributed by atoms with Crippen molar-refractivity contribution in [1.29, 1.82) is 0 Å². The summed E-state index contributed by atoms with van der Waals surface area (Å²) >= 11 is 1.80. The van der Waals surface area contributed by atoms with Gasteiger partial charge in [-0.3, -0.25) is 0 Å². The Hall–Kier alpha value is -0.650. The molecule has 0 radical (unpaired) electrons. The zero-order valence-corrected chi connectivity index (χ0v) is 13.0. The minimum atomic E-state index is 0.580. The predicted octanol–water partition coefficient (Wildman–Crippen LogP) is 2.50. The molecule has 0 atom stereocenters. The molecule has 4 nitrogen and oxygen atoms in total. The highest BCUT2D eigenvalue weighted by molar-refractivity contribution is 7.15. The number of hydrogen-bond donors (Lipinski definition) is 1. The van der Waals surface area contributed by atoms with Crippen LogP contribution in [0.2, 0.25) is 0 Å². The van der Waals surface area contributed by atoms with Crippen molar-refractivity contribution < 1.29 is 4.74 Å². The quantitative estimate of drug-likeness (QED) is 0.870. The molecule has 1 aromatic rings. The minimum Gasteiger partial charge on any atom is -0.381 e. The highest BCUT2D eigenvalue weighted by Gasteiger charge is 2.20. The van der Waals surface area contributed by atoms with Crippen LogP contribution in [0, 0.1) is 5.92 Å². The van der Waals surface area contributed by atoms with Crippen LogP contribution in [-0.2, 0) is 11.3 Å². The van der Waals surface area contributed by atoms with E-state index in [9.17, 15) is 0 Å². The van der Waals surface area contributed by atoms with Gasteiger partial charge in [-0.15, -0.1) is 11.3 Å². The van der Waals surface area contributed by atoms with Crippen molar-refractivity contribution in [3.63, 3.8) is 0 Å². The van der Waals surface area contributed by atoms with E-state index in [1.54, 1.807) is 11.3 Å². The number of hydrogen-bond acceptors (Lipinski definition) is 5. The lowest BCUT2D eigenvalue weighted by Crippen LogP contribution is -2.36. The van der Waals surface area contributed by atoms with Crippen LogP contribution >= 0.6 is 11.3 Å². The number of nitrogens with zero attached hydrogens (tertiary/aromatic N) is 2. The van der Waals surface area contributed by atoms with Crippen LogP contribution in [0.3, 0.4) is 0 Å². The van der Waals surface area contributed by atoms with Gasteiger partial charge in [0.05, 0.1) is 0 Å².